The lowest BCUT2D eigenvalue weighted by Crippen LogP contribution is -2.36. The highest BCUT2D eigenvalue weighted by molar-refractivity contribution is 5.45. The van der Waals surface area contributed by atoms with Crippen molar-refractivity contribution >= 4 is 12.9 Å². The first-order valence-electron chi connectivity index (χ1n) is 4.01. The highest BCUT2D eigenvalue weighted by Gasteiger charge is 2.04. The minimum absolute atomic E-state index is 0.500. The zero-order chi connectivity index (χ0) is 10.7. The maximum absolute atomic E-state index is 9.81. The number of carbonyl (C=O) groups excluding carboxylic acids is 2. The number of rotatable bonds is 5. The summed E-state index contributed by atoms with van der Waals surface area (Å²) < 4.78 is 0.959. The zero-order valence-corrected chi connectivity index (χ0v) is 8.45. The summed E-state index contributed by atoms with van der Waals surface area (Å²) in [6, 6.07) is 0. The molecule has 0 aliphatic rings. The van der Waals surface area contributed by atoms with Crippen molar-refractivity contribution in [2.24, 2.45) is 0 Å². The Morgan fingerprint density at radius 3 is 2.08 bits per heavy atom. The summed E-state index contributed by atoms with van der Waals surface area (Å²) in [5.41, 5.74) is 0. The number of hydrogen-bond donors (Lipinski definition) is 1. The standard InChI is InChI=1S/C7H16N2O.CH2O2/c1-9(2,3)6-4-5-8-7-10;2-1-3/h7H,4-6H2,1-3H3;1H,(H,2,3). The van der Waals surface area contributed by atoms with E-state index in [1.165, 1.54) is 0 Å². The Bertz CT molecular complexity index is 132. The quantitative estimate of drug-likeness (QED) is 0.316. The van der Waals surface area contributed by atoms with Gasteiger partial charge in [-0.05, 0) is 0 Å². The van der Waals surface area contributed by atoms with Crippen LogP contribution in [0.15, 0.2) is 0 Å². The van der Waals surface area contributed by atoms with E-state index >= 15 is 0 Å². The molecule has 0 rings (SSSR count). The number of quaternary nitrogens is 1. The summed E-state index contributed by atoms with van der Waals surface area (Å²) in [5.74, 6) is 0. The predicted octanol–water partition coefficient (Wildman–Crippen LogP) is -1.81. The molecule has 0 heterocycles. The Morgan fingerprint density at radius 1 is 1.31 bits per heavy atom. The molecule has 0 aliphatic carbocycles. The molecule has 1 N–H and O–H groups in total. The van der Waals surface area contributed by atoms with Crippen molar-refractivity contribution in [3.63, 3.8) is 0 Å². The highest BCUT2D eigenvalue weighted by atomic mass is 16.3. The van der Waals surface area contributed by atoms with Crippen molar-refractivity contribution in [2.45, 2.75) is 6.42 Å². The molecule has 13 heavy (non-hydrogen) atoms. The smallest absolute Gasteiger partial charge is 0.207 e. The summed E-state index contributed by atoms with van der Waals surface area (Å²) in [6.07, 6.45) is 1.79. The molecule has 0 spiro atoms. The van der Waals surface area contributed by atoms with E-state index in [1.807, 2.05) is 0 Å². The van der Waals surface area contributed by atoms with Crippen molar-refractivity contribution in [1.82, 2.24) is 5.32 Å². The zero-order valence-electron chi connectivity index (χ0n) is 8.45. The molecular weight excluding hydrogens is 172 g/mol. The second-order valence-electron chi connectivity index (χ2n) is 3.54. The van der Waals surface area contributed by atoms with E-state index in [-0.39, 0.29) is 0 Å². The number of hydrogen-bond acceptors (Lipinski definition) is 3. The minimum atomic E-state index is -0.500. The molecule has 0 atom stereocenters. The van der Waals surface area contributed by atoms with E-state index < -0.39 is 6.47 Å². The first-order chi connectivity index (χ1) is 5.97. The summed E-state index contributed by atoms with van der Waals surface area (Å²) in [5, 5.41) is 10.9. The average Bonchev–Trinajstić information content (AvgIpc) is 1.98. The molecule has 0 radical (unpaired) electrons. The highest BCUT2D eigenvalue weighted by Crippen LogP contribution is 1.90. The van der Waals surface area contributed by atoms with E-state index in [0.717, 1.165) is 30.4 Å². The molecule has 0 saturated carbocycles. The van der Waals surface area contributed by atoms with Crippen LogP contribution in [-0.4, -0.2) is 51.6 Å². The second-order valence-corrected chi connectivity index (χ2v) is 3.54. The van der Waals surface area contributed by atoms with E-state index in [2.05, 4.69) is 26.5 Å². The number of carbonyl (C=O) groups is 2. The van der Waals surface area contributed by atoms with Gasteiger partial charge in [-0.25, -0.2) is 0 Å². The summed E-state index contributed by atoms with van der Waals surface area (Å²) in [7, 11) is 6.42. The first kappa shape index (κ1) is 14.4. The maximum Gasteiger partial charge on any atom is 0.207 e. The molecule has 5 heteroatoms. The molecule has 0 bridgehead atoms. The SMILES string of the molecule is C[N+](C)(C)CCCNC=O.O=C[O-]. The van der Waals surface area contributed by atoms with Crippen molar-refractivity contribution in [2.75, 3.05) is 34.2 Å². The van der Waals surface area contributed by atoms with Gasteiger partial charge in [-0.15, -0.1) is 0 Å². The summed E-state index contributed by atoms with van der Waals surface area (Å²) >= 11 is 0. The van der Waals surface area contributed by atoms with Crippen LogP contribution in [0.2, 0.25) is 0 Å². The van der Waals surface area contributed by atoms with Crippen LogP contribution in [-0.2, 0) is 9.59 Å². The van der Waals surface area contributed by atoms with Gasteiger partial charge < -0.3 is 19.7 Å². The van der Waals surface area contributed by atoms with Crippen LogP contribution in [0.25, 0.3) is 0 Å². The fourth-order valence-electron chi connectivity index (χ4n) is 0.714. The molecule has 5 nitrogen and oxygen atoms in total. The van der Waals surface area contributed by atoms with Gasteiger partial charge in [-0.1, -0.05) is 0 Å². The van der Waals surface area contributed by atoms with E-state index in [0.29, 0.717) is 0 Å². The summed E-state index contributed by atoms with van der Waals surface area (Å²) in [4.78, 5) is 18.1. The Hall–Kier alpha value is -1.10. The third kappa shape index (κ3) is 24.8. The van der Waals surface area contributed by atoms with Crippen LogP contribution in [0.1, 0.15) is 6.42 Å². The largest absolute Gasteiger partial charge is 0.554 e. The topological polar surface area (TPSA) is 69.2 Å². The Labute approximate surface area is 78.9 Å². The molecule has 0 aromatic rings. The lowest BCUT2D eigenvalue weighted by molar-refractivity contribution is -0.870. The number of nitrogens with one attached hydrogen (secondary N) is 1. The average molecular weight is 190 g/mol. The molecule has 0 fully saturated rings. The lowest BCUT2D eigenvalue weighted by atomic mass is 10.4. The number of amides is 1. The fraction of sp³-hybridized carbons (Fsp3) is 0.750. The third-order valence-electron chi connectivity index (χ3n) is 1.23. The van der Waals surface area contributed by atoms with Crippen LogP contribution < -0.4 is 10.4 Å². The van der Waals surface area contributed by atoms with E-state index in [9.17, 15) is 4.79 Å². The van der Waals surface area contributed by atoms with E-state index in [4.69, 9.17) is 9.90 Å². The van der Waals surface area contributed by atoms with E-state index in [1.54, 1.807) is 0 Å². The van der Waals surface area contributed by atoms with Gasteiger partial charge in [0.2, 0.25) is 6.41 Å². The van der Waals surface area contributed by atoms with Crippen LogP contribution in [0.4, 0.5) is 0 Å². The van der Waals surface area contributed by atoms with Gasteiger partial charge in [-0.2, -0.15) is 0 Å². The van der Waals surface area contributed by atoms with Gasteiger partial charge in [-0.3, -0.25) is 4.79 Å². The van der Waals surface area contributed by atoms with Gasteiger partial charge >= 0.3 is 0 Å². The minimum Gasteiger partial charge on any atom is -0.554 e. The van der Waals surface area contributed by atoms with Crippen LogP contribution in [0.3, 0.4) is 0 Å². The first-order valence-corrected chi connectivity index (χ1v) is 4.01. The number of carboxylic acid groups (broad SMARTS) is 1. The van der Waals surface area contributed by atoms with Crippen molar-refractivity contribution in [1.29, 1.82) is 0 Å². The van der Waals surface area contributed by atoms with Crippen molar-refractivity contribution in [3.8, 4) is 0 Å². The van der Waals surface area contributed by atoms with Gasteiger partial charge in [0.25, 0.3) is 0 Å². The molecule has 78 valence electrons. The van der Waals surface area contributed by atoms with Crippen LogP contribution >= 0.6 is 0 Å². The van der Waals surface area contributed by atoms with Crippen LogP contribution in [0.5, 0.6) is 0 Å². The van der Waals surface area contributed by atoms with Gasteiger partial charge in [0.05, 0.1) is 27.7 Å². The van der Waals surface area contributed by atoms with Gasteiger partial charge in [0.15, 0.2) is 0 Å². The molecule has 0 unspecified atom stereocenters. The second kappa shape index (κ2) is 8.99. The Balaban J connectivity index is 0. The molecule has 0 aromatic carbocycles. The van der Waals surface area contributed by atoms with Crippen LogP contribution in [0, 0.1) is 0 Å². The summed E-state index contributed by atoms with van der Waals surface area (Å²) in [6.45, 7) is 1.39. The molecule has 0 aliphatic heterocycles. The van der Waals surface area contributed by atoms with Crippen molar-refractivity contribution < 1.29 is 19.2 Å². The Kier molecular flexibility index (Phi) is 9.98. The van der Waals surface area contributed by atoms with Gasteiger partial charge in [0, 0.05) is 19.4 Å². The monoisotopic (exact) mass is 190 g/mol. The fourth-order valence-corrected chi connectivity index (χ4v) is 0.714. The van der Waals surface area contributed by atoms with Crippen molar-refractivity contribution in [3.05, 3.63) is 0 Å². The lowest BCUT2D eigenvalue weighted by Gasteiger charge is -2.23. The normalized spacial score (nSPS) is 9.46. The van der Waals surface area contributed by atoms with Gasteiger partial charge in [0.1, 0.15) is 0 Å². The predicted molar refractivity (Wildman–Crippen MR) is 47.6 cm³/mol. The molecule has 0 saturated heterocycles. The number of nitrogens with zero attached hydrogens (tertiary/aromatic N) is 1. The maximum atomic E-state index is 9.81. The third-order valence-corrected chi connectivity index (χ3v) is 1.23. The molecular formula is C8H18N2O3. The Morgan fingerprint density at radius 2 is 1.77 bits per heavy atom. The molecule has 1 amide bonds. The molecule has 0 aromatic heterocycles.